The van der Waals surface area contributed by atoms with Gasteiger partial charge in [-0.05, 0) is 88.3 Å². The maximum absolute atomic E-state index is 12.0. The molecule has 5 heteroatoms. The minimum absolute atomic E-state index is 0.0752. The van der Waals surface area contributed by atoms with Gasteiger partial charge in [0.05, 0.1) is 9.79 Å². The molecular weight excluding hydrogens is 1430 g/mol. The molecule has 0 radical (unpaired) electrons. The van der Waals surface area contributed by atoms with E-state index in [0.717, 1.165) is 29.0 Å². The molecule has 116 heavy (non-hydrogen) atoms. The molecule has 0 N–H and O–H groups in total. The van der Waals surface area contributed by atoms with Crippen LogP contribution in [0.3, 0.4) is 0 Å². The number of carbonyl (C=O) groups excluding carboxylic acids is 1. The number of sulfone groups is 1. The number of hydrogen-bond acceptors (Lipinski definition) is 4. The number of hydrogen-bond donors (Lipinski definition) is 0. The van der Waals surface area contributed by atoms with Crippen molar-refractivity contribution < 1.29 is 17.9 Å². The Morgan fingerprint density at radius 3 is 0.603 bits per heavy atom. The minimum atomic E-state index is -3.34. The second kappa shape index (κ2) is 94.9. The maximum Gasteiger partial charge on any atom is 0.206 e. The summed E-state index contributed by atoms with van der Waals surface area (Å²) in [4.78, 5) is 12.5. The Labute approximate surface area is 714 Å². The Kier molecular flexibility index (Phi) is 98.9. The molecular formula is C111H158O4S. The third-order valence-corrected chi connectivity index (χ3v) is 15.3. The van der Waals surface area contributed by atoms with Crippen LogP contribution in [0.15, 0.2) is 410 Å². The van der Waals surface area contributed by atoms with Crippen LogP contribution in [-0.4, -0.2) is 14.2 Å². The van der Waals surface area contributed by atoms with Crippen LogP contribution in [0.4, 0.5) is 0 Å². The number of ketones is 1. The zero-order chi connectivity index (χ0) is 89.6. The molecule has 0 bridgehead atoms. The minimum Gasteiger partial charge on any atom is -0.457 e. The Hall–Kier alpha value is -10.7. The van der Waals surface area contributed by atoms with Crippen LogP contribution in [0, 0.1) is 0 Å². The smallest absolute Gasteiger partial charge is 0.206 e. The zero-order valence-corrected chi connectivity index (χ0v) is 78.7. The van der Waals surface area contributed by atoms with Crippen molar-refractivity contribution >= 4 is 15.6 Å². The standard InChI is InChI=1S/C15H16.C13H10O.C13H12.C12H10O2S.C12H10O.C12H10.C6H6.14C2H6/c1-15(2,13-9-5-3-6-10-13)14-11-7-4-8-12-14;14-13(11-7-3-1-4-8-11)12-9-5-2-6-10-12;1-3-7-12(8-4-1)11-13-9-5-2-6-10-13;13-15(14,11-7-3-1-4-8-11)12-9-5-2-6-10-12;1-3-7-11(8-4-1)13-12-9-5-2-6-10-12;1-3-7-11(8-4-1)12-9-5-2-6-10-12;1-2-4-6-5-3-1;14*1-2/h3-12H,1-2H3;1-10H;1-10H,11H2;1-10H;1-10H;1-10H;1-6H;14*1-2H3. The van der Waals surface area contributed by atoms with Gasteiger partial charge in [-0.3, -0.25) is 4.79 Å². The van der Waals surface area contributed by atoms with E-state index in [1.54, 1.807) is 60.7 Å². The summed E-state index contributed by atoms with van der Waals surface area (Å²) in [5.74, 6) is 1.81. The first-order chi connectivity index (χ1) is 57.2. The van der Waals surface area contributed by atoms with Gasteiger partial charge >= 0.3 is 0 Å². The van der Waals surface area contributed by atoms with E-state index in [1.165, 1.54) is 33.4 Å². The molecule has 0 heterocycles. The van der Waals surface area contributed by atoms with Crippen LogP contribution in [0.25, 0.3) is 11.1 Å². The molecule has 632 valence electrons. The highest BCUT2D eigenvalue weighted by Gasteiger charge is 2.22. The van der Waals surface area contributed by atoms with E-state index in [4.69, 9.17) is 4.74 Å². The third-order valence-electron chi connectivity index (χ3n) is 13.5. The van der Waals surface area contributed by atoms with E-state index >= 15 is 0 Å². The molecule has 13 aromatic rings. The summed E-state index contributed by atoms with van der Waals surface area (Å²) in [6, 6.07) is 130. The number of para-hydroxylation sites is 2. The van der Waals surface area contributed by atoms with Crippen molar-refractivity contribution in [2.24, 2.45) is 0 Å². The zero-order valence-electron chi connectivity index (χ0n) is 77.9. The largest absolute Gasteiger partial charge is 0.457 e. The molecule has 0 saturated carbocycles. The summed E-state index contributed by atoms with van der Waals surface area (Å²) < 4.78 is 29.6. The Morgan fingerprint density at radius 1 is 0.224 bits per heavy atom. The molecule has 0 aromatic heterocycles. The molecule has 0 atom stereocenters. The fraction of sp³-hybridized carbons (Fsp3) is 0.288. The topological polar surface area (TPSA) is 60.4 Å². The summed E-state index contributed by atoms with van der Waals surface area (Å²) in [5.41, 5.74) is 9.56. The summed E-state index contributed by atoms with van der Waals surface area (Å²) in [6.07, 6.45) is 1.03. The van der Waals surface area contributed by atoms with E-state index in [9.17, 15) is 13.2 Å². The molecule has 0 aliphatic rings. The van der Waals surface area contributed by atoms with Crippen LogP contribution < -0.4 is 4.74 Å². The van der Waals surface area contributed by atoms with E-state index in [-0.39, 0.29) is 11.2 Å². The van der Waals surface area contributed by atoms with Gasteiger partial charge in [-0.15, -0.1) is 0 Å². The SMILES string of the molecule is CC.CC.CC.CC.CC.CC.CC.CC.CC.CC.CC.CC.CC.CC.CC(C)(c1ccccc1)c1ccccc1.O=C(c1ccccc1)c1ccccc1.O=S(=O)(c1ccccc1)c1ccccc1.c1ccc(-c2ccccc2)cc1.c1ccc(Cc2ccccc2)cc1.c1ccc(Oc2ccccc2)cc1.c1ccccc1. The number of carbonyl (C=O) groups is 1. The number of rotatable bonds is 11. The van der Waals surface area contributed by atoms with Crippen molar-refractivity contribution in [2.75, 3.05) is 0 Å². The lowest BCUT2D eigenvalue weighted by Gasteiger charge is -2.25. The first kappa shape index (κ1) is 121. The molecule has 0 aliphatic heterocycles. The van der Waals surface area contributed by atoms with Gasteiger partial charge in [0.2, 0.25) is 9.84 Å². The van der Waals surface area contributed by atoms with Crippen molar-refractivity contribution in [3.8, 4) is 22.6 Å². The predicted octanol–water partition coefficient (Wildman–Crippen LogP) is 35.6. The Balaban J connectivity index is -0.000000187. The molecule has 0 aliphatic carbocycles. The lowest BCUT2D eigenvalue weighted by molar-refractivity contribution is 0.103. The lowest BCUT2D eigenvalue weighted by Crippen LogP contribution is -2.18. The summed E-state index contributed by atoms with van der Waals surface area (Å²) in [5, 5.41) is 0. The van der Waals surface area contributed by atoms with Gasteiger partial charge in [-0.1, -0.05) is 560 Å². The normalized spacial score (nSPS) is 8.40. The number of benzene rings is 13. The van der Waals surface area contributed by atoms with E-state index in [0.29, 0.717) is 9.79 Å². The Morgan fingerprint density at radius 2 is 0.388 bits per heavy atom. The second-order valence-corrected chi connectivity index (χ2v) is 22.3. The van der Waals surface area contributed by atoms with Crippen LogP contribution in [0.5, 0.6) is 11.5 Å². The van der Waals surface area contributed by atoms with Gasteiger partial charge in [-0.25, -0.2) is 8.42 Å². The highest BCUT2D eigenvalue weighted by Crippen LogP contribution is 2.31. The maximum atomic E-state index is 12.0. The fourth-order valence-corrected chi connectivity index (χ4v) is 10.0. The Bertz CT molecular complexity index is 3640. The molecule has 0 amide bonds. The highest BCUT2D eigenvalue weighted by atomic mass is 32.2. The molecule has 13 aromatic carbocycles. The highest BCUT2D eigenvalue weighted by molar-refractivity contribution is 7.91. The first-order valence-electron chi connectivity index (χ1n) is 43.2. The van der Waals surface area contributed by atoms with Gasteiger partial charge in [-0.2, -0.15) is 0 Å². The van der Waals surface area contributed by atoms with Crippen molar-refractivity contribution in [3.05, 3.63) is 434 Å². The van der Waals surface area contributed by atoms with Gasteiger partial charge in [0.1, 0.15) is 11.5 Å². The molecule has 4 nitrogen and oxygen atoms in total. The third kappa shape index (κ3) is 59.0. The van der Waals surface area contributed by atoms with Crippen LogP contribution in [-0.2, 0) is 21.7 Å². The van der Waals surface area contributed by atoms with Crippen molar-refractivity contribution in [1.29, 1.82) is 0 Å². The fourth-order valence-electron chi connectivity index (χ4n) is 8.74. The monoisotopic (exact) mass is 1590 g/mol. The summed E-state index contributed by atoms with van der Waals surface area (Å²) >= 11 is 0. The molecule has 13 rings (SSSR count). The molecule has 0 spiro atoms. The van der Waals surface area contributed by atoms with Gasteiger partial charge in [0, 0.05) is 16.5 Å². The summed E-state index contributed by atoms with van der Waals surface area (Å²) in [7, 11) is -3.34. The van der Waals surface area contributed by atoms with Crippen LogP contribution in [0.2, 0.25) is 0 Å². The molecule has 0 unspecified atom stereocenters. The van der Waals surface area contributed by atoms with E-state index < -0.39 is 9.84 Å². The van der Waals surface area contributed by atoms with Crippen molar-refractivity contribution in [3.63, 3.8) is 0 Å². The van der Waals surface area contributed by atoms with E-state index in [2.05, 4.69) is 184 Å². The van der Waals surface area contributed by atoms with Crippen LogP contribution in [0.1, 0.15) is 246 Å². The van der Waals surface area contributed by atoms with Crippen LogP contribution >= 0.6 is 0 Å². The van der Waals surface area contributed by atoms with Gasteiger partial charge in [0.15, 0.2) is 5.78 Å². The second-order valence-electron chi connectivity index (χ2n) is 20.3. The quantitative estimate of drug-likeness (QED) is 0.121. The van der Waals surface area contributed by atoms with E-state index in [1.807, 2.05) is 364 Å². The van der Waals surface area contributed by atoms with Gasteiger partial charge in [0.25, 0.3) is 0 Å². The average molecular weight is 1590 g/mol. The van der Waals surface area contributed by atoms with Crippen molar-refractivity contribution in [2.45, 2.75) is 229 Å². The van der Waals surface area contributed by atoms with Crippen molar-refractivity contribution in [1.82, 2.24) is 0 Å². The first-order valence-corrected chi connectivity index (χ1v) is 44.7. The summed E-state index contributed by atoms with van der Waals surface area (Å²) in [6.45, 7) is 60.5. The molecule has 0 saturated heterocycles. The molecule has 0 fully saturated rings. The number of ether oxygens (including phenoxy) is 1. The van der Waals surface area contributed by atoms with Gasteiger partial charge < -0.3 is 4.74 Å². The lowest BCUT2D eigenvalue weighted by atomic mass is 9.78. The predicted molar refractivity (Wildman–Crippen MR) is 526 cm³/mol. The average Bonchev–Trinajstić information content (AvgIpc) is 0.820.